The smallest absolute Gasteiger partial charge is 0.294 e. The zero-order valence-corrected chi connectivity index (χ0v) is 13.0. The molecule has 1 fully saturated rings. The largest absolute Gasteiger partial charge is 0.305 e. The van der Waals surface area contributed by atoms with E-state index < -0.39 is 26.1 Å². The standard InChI is InChI=1S/C10H10IN3O5S/c11-6-1-2-8(9(3-6)14(16)17)13-5-7(4-10(13)15)20(12,18)19/h1-3,7H,4-5H2,(H2,12,18,19). The quantitative estimate of drug-likeness (QED) is 0.443. The van der Waals surface area contributed by atoms with Crippen LogP contribution in [0, 0.1) is 13.7 Å². The summed E-state index contributed by atoms with van der Waals surface area (Å²) in [5.41, 5.74) is -0.146. The molecule has 0 aromatic heterocycles. The molecule has 1 saturated heterocycles. The topological polar surface area (TPSA) is 124 Å². The molecular formula is C10H10IN3O5S. The van der Waals surface area contributed by atoms with Crippen LogP contribution in [0.5, 0.6) is 0 Å². The number of rotatable bonds is 3. The Kier molecular flexibility index (Phi) is 3.97. The van der Waals surface area contributed by atoms with E-state index in [2.05, 4.69) is 0 Å². The molecule has 1 aromatic rings. The Morgan fingerprint density at radius 3 is 2.60 bits per heavy atom. The first-order valence-corrected chi connectivity index (χ1v) is 8.15. The second-order valence-electron chi connectivity index (χ2n) is 4.31. The van der Waals surface area contributed by atoms with Crippen molar-refractivity contribution in [2.24, 2.45) is 5.14 Å². The number of amides is 1. The van der Waals surface area contributed by atoms with Crippen molar-refractivity contribution >= 4 is 49.9 Å². The number of hydrogen-bond acceptors (Lipinski definition) is 5. The number of halogens is 1. The van der Waals surface area contributed by atoms with Crippen molar-refractivity contribution in [1.82, 2.24) is 0 Å². The molecule has 0 spiro atoms. The number of hydrogen-bond donors (Lipinski definition) is 1. The number of nitrogens with two attached hydrogens (primary N) is 1. The summed E-state index contributed by atoms with van der Waals surface area (Å²) in [5, 5.41) is 15.0. The van der Waals surface area contributed by atoms with Crippen molar-refractivity contribution in [2.45, 2.75) is 11.7 Å². The third-order valence-corrected chi connectivity index (χ3v) is 4.90. The van der Waals surface area contributed by atoms with Gasteiger partial charge in [-0.1, -0.05) is 0 Å². The van der Waals surface area contributed by atoms with Crippen LogP contribution in [0.1, 0.15) is 6.42 Å². The van der Waals surface area contributed by atoms with E-state index in [9.17, 15) is 23.3 Å². The highest BCUT2D eigenvalue weighted by atomic mass is 127. The van der Waals surface area contributed by atoms with E-state index in [1.807, 2.05) is 22.6 Å². The lowest BCUT2D eigenvalue weighted by molar-refractivity contribution is -0.384. The number of anilines is 1. The molecule has 2 N–H and O–H groups in total. The summed E-state index contributed by atoms with van der Waals surface area (Å²) in [7, 11) is -3.85. The summed E-state index contributed by atoms with van der Waals surface area (Å²) in [6.07, 6.45) is -0.262. The van der Waals surface area contributed by atoms with E-state index in [1.165, 1.54) is 12.1 Å². The number of carbonyl (C=O) groups is 1. The van der Waals surface area contributed by atoms with Gasteiger partial charge in [0.1, 0.15) is 10.9 Å². The van der Waals surface area contributed by atoms with Crippen LogP contribution in [0.15, 0.2) is 18.2 Å². The molecule has 1 amide bonds. The highest BCUT2D eigenvalue weighted by Crippen LogP contribution is 2.33. The molecule has 20 heavy (non-hydrogen) atoms. The molecule has 0 saturated carbocycles. The fourth-order valence-corrected chi connectivity index (χ4v) is 3.21. The van der Waals surface area contributed by atoms with Crippen molar-refractivity contribution in [2.75, 3.05) is 11.4 Å². The molecule has 1 aromatic carbocycles. The first kappa shape index (κ1) is 15.1. The Morgan fingerprint density at radius 1 is 1.45 bits per heavy atom. The highest BCUT2D eigenvalue weighted by Gasteiger charge is 2.39. The van der Waals surface area contributed by atoms with Gasteiger partial charge in [0.2, 0.25) is 15.9 Å². The van der Waals surface area contributed by atoms with Crippen LogP contribution in [0.3, 0.4) is 0 Å². The van der Waals surface area contributed by atoms with Gasteiger partial charge >= 0.3 is 0 Å². The lowest BCUT2D eigenvalue weighted by Crippen LogP contribution is -2.32. The van der Waals surface area contributed by atoms with Gasteiger partial charge in [-0.05, 0) is 34.7 Å². The van der Waals surface area contributed by atoms with E-state index in [0.717, 1.165) is 4.90 Å². The zero-order valence-electron chi connectivity index (χ0n) is 10.0. The van der Waals surface area contributed by atoms with Crippen LogP contribution in [-0.4, -0.2) is 31.0 Å². The third-order valence-electron chi connectivity index (χ3n) is 2.98. The monoisotopic (exact) mass is 411 g/mol. The fourth-order valence-electron chi connectivity index (χ4n) is 2.00. The summed E-state index contributed by atoms with van der Waals surface area (Å²) in [6.45, 7) is -0.168. The van der Waals surface area contributed by atoms with Crippen LogP contribution in [0.4, 0.5) is 11.4 Å². The fraction of sp³-hybridized carbons (Fsp3) is 0.300. The van der Waals surface area contributed by atoms with Gasteiger partial charge in [0.05, 0.1) is 4.92 Å². The lowest BCUT2D eigenvalue weighted by atomic mass is 10.2. The minimum absolute atomic E-state index is 0.0894. The molecule has 1 aliphatic rings. The second-order valence-corrected chi connectivity index (χ2v) is 7.40. The number of carbonyl (C=O) groups excluding carboxylic acids is 1. The average molecular weight is 411 g/mol. The Morgan fingerprint density at radius 2 is 2.10 bits per heavy atom. The summed E-state index contributed by atoms with van der Waals surface area (Å²) in [4.78, 5) is 23.4. The van der Waals surface area contributed by atoms with Gasteiger partial charge in [-0.25, -0.2) is 13.6 Å². The van der Waals surface area contributed by atoms with E-state index >= 15 is 0 Å². The normalized spacial score (nSPS) is 19.4. The molecule has 1 atom stereocenters. The SMILES string of the molecule is NS(=O)(=O)C1CC(=O)N(c2ccc(I)cc2[N+](=O)[O-])C1. The molecule has 8 nitrogen and oxygen atoms in total. The number of nitrogens with zero attached hydrogens (tertiary/aromatic N) is 2. The summed E-state index contributed by atoms with van der Waals surface area (Å²) in [5.74, 6) is -0.492. The molecule has 0 bridgehead atoms. The zero-order chi connectivity index (χ0) is 15.1. The summed E-state index contributed by atoms with van der Waals surface area (Å²) < 4.78 is 23.2. The number of nitro groups is 1. The van der Waals surface area contributed by atoms with Gasteiger partial charge in [0.25, 0.3) is 5.69 Å². The first-order chi connectivity index (χ1) is 9.20. The predicted molar refractivity (Wildman–Crippen MR) is 79.7 cm³/mol. The van der Waals surface area contributed by atoms with Crippen molar-refractivity contribution in [3.05, 3.63) is 31.9 Å². The molecule has 0 aliphatic carbocycles. The van der Waals surface area contributed by atoms with Gasteiger partial charge < -0.3 is 4.90 Å². The van der Waals surface area contributed by atoms with Crippen molar-refractivity contribution in [3.63, 3.8) is 0 Å². The van der Waals surface area contributed by atoms with Crippen molar-refractivity contribution in [1.29, 1.82) is 0 Å². The molecule has 1 heterocycles. The Bertz CT molecular complexity index is 690. The molecule has 0 radical (unpaired) electrons. The van der Waals surface area contributed by atoms with Crippen molar-refractivity contribution in [3.8, 4) is 0 Å². The minimum atomic E-state index is -3.85. The number of primary sulfonamides is 1. The van der Waals surface area contributed by atoms with Gasteiger partial charge in [0.15, 0.2) is 0 Å². The lowest BCUT2D eigenvalue weighted by Gasteiger charge is -2.16. The predicted octanol–water partition coefficient (Wildman–Crippen LogP) is 0.593. The third kappa shape index (κ3) is 2.91. The van der Waals surface area contributed by atoms with Gasteiger partial charge in [0, 0.05) is 22.6 Å². The van der Waals surface area contributed by atoms with E-state index in [1.54, 1.807) is 6.07 Å². The maximum atomic E-state index is 11.9. The first-order valence-electron chi connectivity index (χ1n) is 5.46. The van der Waals surface area contributed by atoms with Crippen LogP contribution >= 0.6 is 22.6 Å². The average Bonchev–Trinajstić information content (AvgIpc) is 2.71. The highest BCUT2D eigenvalue weighted by molar-refractivity contribution is 14.1. The molecular weight excluding hydrogens is 401 g/mol. The Labute approximate surface area is 128 Å². The van der Waals surface area contributed by atoms with E-state index in [-0.39, 0.29) is 24.3 Å². The minimum Gasteiger partial charge on any atom is -0.305 e. The molecule has 10 heteroatoms. The van der Waals surface area contributed by atoms with Crippen LogP contribution in [0.2, 0.25) is 0 Å². The Balaban J connectivity index is 2.43. The number of benzene rings is 1. The van der Waals surface area contributed by atoms with E-state index in [0.29, 0.717) is 3.57 Å². The van der Waals surface area contributed by atoms with Crippen LogP contribution in [0.25, 0.3) is 0 Å². The van der Waals surface area contributed by atoms with Crippen LogP contribution in [-0.2, 0) is 14.8 Å². The summed E-state index contributed by atoms with van der Waals surface area (Å²) in [6, 6.07) is 4.37. The molecule has 108 valence electrons. The van der Waals surface area contributed by atoms with Crippen LogP contribution < -0.4 is 10.0 Å². The maximum absolute atomic E-state index is 11.9. The van der Waals surface area contributed by atoms with Crippen molar-refractivity contribution < 1.29 is 18.1 Å². The van der Waals surface area contributed by atoms with Gasteiger partial charge in [-0.3, -0.25) is 14.9 Å². The summed E-state index contributed by atoms with van der Waals surface area (Å²) >= 11 is 1.92. The molecule has 2 rings (SSSR count). The Hall–Kier alpha value is -1.27. The number of sulfonamides is 1. The van der Waals surface area contributed by atoms with Gasteiger partial charge in [-0.15, -0.1) is 0 Å². The molecule has 1 unspecified atom stereocenters. The van der Waals surface area contributed by atoms with E-state index in [4.69, 9.17) is 5.14 Å². The second kappa shape index (κ2) is 5.26. The molecule has 1 aliphatic heterocycles. The number of nitro benzene ring substituents is 1. The maximum Gasteiger partial charge on any atom is 0.294 e. The van der Waals surface area contributed by atoms with Gasteiger partial charge in [-0.2, -0.15) is 0 Å².